The monoisotopic (exact) mass is 517 g/mol. The number of hydrogen-bond donors (Lipinski definition) is 0. The average molecular weight is 517 g/mol. The van der Waals surface area contributed by atoms with Gasteiger partial charge in [0.15, 0.2) is 21.2 Å². The molecule has 1 spiro atoms. The van der Waals surface area contributed by atoms with Crippen LogP contribution in [0.5, 0.6) is 0 Å². The first-order valence-electron chi connectivity index (χ1n) is 10.8. The zero-order valence-corrected chi connectivity index (χ0v) is 22.3. The zero-order chi connectivity index (χ0) is 24.5. The van der Waals surface area contributed by atoms with Gasteiger partial charge in [0.2, 0.25) is 5.84 Å². The molecule has 0 bridgehead atoms. The molecule has 2 aromatic carbocycles. The van der Waals surface area contributed by atoms with Gasteiger partial charge in [0.05, 0.1) is 39.7 Å². The van der Waals surface area contributed by atoms with Gasteiger partial charge in [-0.05, 0) is 38.5 Å². The Kier molecular flexibility index (Phi) is 8.11. The number of nitrogens with zero attached hydrogens (tertiary/aromatic N) is 4. The van der Waals surface area contributed by atoms with Gasteiger partial charge in [-0.1, -0.05) is 17.7 Å². The molecule has 1 fully saturated rings. The summed E-state index contributed by atoms with van der Waals surface area (Å²) < 4.78 is 71.4. The fourth-order valence-corrected chi connectivity index (χ4v) is 6.77. The van der Waals surface area contributed by atoms with E-state index in [-0.39, 0.29) is 61.6 Å². The number of aliphatic imine (C=N–C) groups is 1. The molecular formula is C22H23Li2N4O6S2+. The molecule has 2 atom stereocenters. The largest absolute Gasteiger partial charge is 1.00 e. The Balaban J connectivity index is 0.00000180. The van der Waals surface area contributed by atoms with Crippen molar-refractivity contribution in [2.75, 3.05) is 12.3 Å². The van der Waals surface area contributed by atoms with E-state index in [4.69, 9.17) is 4.99 Å². The molecule has 2 aliphatic heterocycles. The third-order valence-electron chi connectivity index (χ3n) is 6.68. The van der Waals surface area contributed by atoms with E-state index in [1.807, 2.05) is 35.8 Å². The molecule has 36 heavy (non-hydrogen) atoms. The summed E-state index contributed by atoms with van der Waals surface area (Å²) in [6, 6.07) is 11.2. The van der Waals surface area contributed by atoms with E-state index >= 15 is 0 Å². The molecule has 2 unspecified atom stereocenters. The maximum Gasteiger partial charge on any atom is 1.00 e. The number of fused-ring (bicyclic) bond motifs is 3. The number of imidazole rings is 1. The summed E-state index contributed by atoms with van der Waals surface area (Å²) in [6.07, 6.45) is 0.384. The Labute approximate surface area is 234 Å². The van der Waals surface area contributed by atoms with Crippen molar-refractivity contribution < 1.29 is 63.7 Å². The fourth-order valence-electron chi connectivity index (χ4n) is 5.13. The summed E-state index contributed by atoms with van der Waals surface area (Å²) in [5.74, 6) is 0.672. The molecule has 0 aliphatic carbocycles. The second kappa shape index (κ2) is 10.0. The third-order valence-corrected chi connectivity index (χ3v) is 8.73. The normalized spacial score (nSPS) is 20.9. The number of aromatic nitrogens is 2. The van der Waals surface area contributed by atoms with Crippen molar-refractivity contribution in [3.63, 3.8) is 0 Å². The van der Waals surface area contributed by atoms with Crippen LogP contribution in [0.3, 0.4) is 0 Å². The molecule has 0 N–H and O–H groups in total. The van der Waals surface area contributed by atoms with Crippen LogP contribution in [0.2, 0.25) is 0 Å². The molecule has 2 aliphatic rings. The molecule has 3 heterocycles. The Bertz CT molecular complexity index is 1590. The summed E-state index contributed by atoms with van der Waals surface area (Å²) in [7, 11) is -8.92. The van der Waals surface area contributed by atoms with Gasteiger partial charge in [0, 0.05) is 18.4 Å². The van der Waals surface area contributed by atoms with Crippen LogP contribution in [0.1, 0.15) is 29.8 Å². The Morgan fingerprint density at radius 3 is 2.39 bits per heavy atom. The molecule has 14 heteroatoms. The fraction of sp³-hybridized carbons (Fsp3) is 0.364. The second-order valence-corrected chi connectivity index (χ2v) is 11.9. The predicted octanol–water partition coefficient (Wildman–Crippen LogP) is -3.73. The van der Waals surface area contributed by atoms with Crippen molar-refractivity contribution in [3.05, 3.63) is 53.3 Å². The van der Waals surface area contributed by atoms with Crippen LogP contribution in [0, 0.1) is 13.8 Å². The van der Waals surface area contributed by atoms with Crippen molar-refractivity contribution >= 4 is 48.5 Å². The Morgan fingerprint density at radius 1 is 1.08 bits per heavy atom. The number of aryl methyl sites for hydroxylation is 3. The molecule has 5 rings (SSSR count). The van der Waals surface area contributed by atoms with Crippen LogP contribution in [-0.4, -0.2) is 59.0 Å². The van der Waals surface area contributed by atoms with E-state index in [1.54, 1.807) is 19.1 Å². The van der Waals surface area contributed by atoms with E-state index in [0.717, 1.165) is 11.1 Å². The minimum atomic E-state index is -4.60. The van der Waals surface area contributed by atoms with E-state index in [1.165, 1.54) is 0 Å². The van der Waals surface area contributed by atoms with Gasteiger partial charge < -0.3 is 13.7 Å². The molecule has 0 saturated carbocycles. The van der Waals surface area contributed by atoms with Crippen LogP contribution in [0.4, 0.5) is 11.4 Å². The molecule has 180 valence electrons. The van der Waals surface area contributed by atoms with Crippen LogP contribution < -0.4 is 42.2 Å². The van der Waals surface area contributed by atoms with Gasteiger partial charge in [-0.3, -0.25) is 0 Å². The molecule has 3 aromatic rings. The summed E-state index contributed by atoms with van der Waals surface area (Å²) in [5, 5.41) is -1.17. The number of quaternary nitrogens is 1. The molecule has 1 saturated heterocycles. The van der Waals surface area contributed by atoms with Crippen LogP contribution in [0.25, 0.3) is 11.0 Å². The van der Waals surface area contributed by atoms with E-state index in [9.17, 15) is 25.9 Å². The van der Waals surface area contributed by atoms with Crippen LogP contribution in [0.15, 0.2) is 41.4 Å². The Hall–Kier alpha value is -1.45. The average Bonchev–Trinajstić information content (AvgIpc) is 3.18. The summed E-state index contributed by atoms with van der Waals surface area (Å²) in [6.45, 7) is 4.42. The maximum atomic E-state index is 12.2. The van der Waals surface area contributed by atoms with Gasteiger partial charge >= 0.3 is 37.7 Å². The molecule has 0 amide bonds. The van der Waals surface area contributed by atoms with Crippen LogP contribution >= 0.6 is 0 Å². The van der Waals surface area contributed by atoms with Crippen molar-refractivity contribution in [1.29, 1.82) is 0 Å². The first kappa shape index (κ1) is 29.1. The first-order chi connectivity index (χ1) is 15.9. The quantitative estimate of drug-likeness (QED) is 0.186. The van der Waals surface area contributed by atoms with Gasteiger partial charge in [0.25, 0.3) is 0 Å². The van der Waals surface area contributed by atoms with Gasteiger partial charge in [-0.25, -0.2) is 26.3 Å². The van der Waals surface area contributed by atoms with Crippen molar-refractivity contribution in [2.45, 2.75) is 38.6 Å². The standard InChI is InChI=1S/C22H24N4O6S2.2Li/c1-14-5-3-6-16(11-14)22-24-18-12-19-17(23-15(2)25(19)8-4-10-33(27,28)29)13-20(18)26(22)9-7-21(26)34(30,31)32;;/h3,5-6,11-13,21H,4,7-10H2,1-2H3,(H-,27,28,29,30,31,32);;/q;2*+1/p-1. The van der Waals surface area contributed by atoms with Crippen LogP contribution in [-0.2, 0) is 26.8 Å². The minimum absolute atomic E-state index is 0. The van der Waals surface area contributed by atoms with Crippen molar-refractivity contribution in [3.8, 4) is 0 Å². The van der Waals surface area contributed by atoms with Gasteiger partial charge in [-0.15, -0.1) is 0 Å². The first-order valence-corrected chi connectivity index (χ1v) is 13.9. The predicted molar refractivity (Wildman–Crippen MR) is 126 cm³/mol. The zero-order valence-electron chi connectivity index (χ0n) is 20.6. The van der Waals surface area contributed by atoms with E-state index < -0.39 is 31.4 Å². The molecule has 10 nitrogen and oxygen atoms in total. The maximum absolute atomic E-state index is 12.2. The molecule has 0 radical (unpaired) electrons. The van der Waals surface area contributed by atoms with E-state index in [0.29, 0.717) is 40.6 Å². The van der Waals surface area contributed by atoms with Gasteiger partial charge in [-0.2, -0.15) is 4.99 Å². The number of amidine groups is 1. The summed E-state index contributed by atoms with van der Waals surface area (Å²) in [4.78, 5) is 9.40. The van der Waals surface area contributed by atoms with E-state index in [2.05, 4.69) is 4.98 Å². The Morgan fingerprint density at radius 2 is 1.81 bits per heavy atom. The minimum Gasteiger partial charge on any atom is -0.748 e. The summed E-state index contributed by atoms with van der Waals surface area (Å²) >= 11 is 0. The number of hydrogen-bond acceptors (Lipinski definition) is 8. The molecular weight excluding hydrogens is 494 g/mol. The van der Waals surface area contributed by atoms with Crippen molar-refractivity contribution in [1.82, 2.24) is 14.0 Å². The third kappa shape index (κ3) is 4.87. The summed E-state index contributed by atoms with van der Waals surface area (Å²) in [5.41, 5.74) is 4.20. The smallest absolute Gasteiger partial charge is 0.748 e. The van der Waals surface area contributed by atoms with Gasteiger partial charge in [0.1, 0.15) is 11.5 Å². The number of rotatable bonds is 6. The van der Waals surface area contributed by atoms with Crippen molar-refractivity contribution in [2.24, 2.45) is 4.99 Å². The number of benzene rings is 2. The molecule has 1 aromatic heterocycles. The second-order valence-electron chi connectivity index (χ2n) is 8.89. The topological polar surface area (TPSA) is 145 Å². The SMILES string of the molecule is Cc1cccc(C2=Nc3cc4c(cc3[N+]23CCC3S(=O)(=O)[O-])nc(C)n4CCCS(=O)(=O)[O-])c1.[Li+].[Li+].